The highest BCUT2D eigenvalue weighted by molar-refractivity contribution is 7.34. The van der Waals surface area contributed by atoms with Crippen molar-refractivity contribution in [2.24, 2.45) is 0 Å². The molecule has 38 heavy (non-hydrogen) atoms. The molecule has 0 saturated carbocycles. The van der Waals surface area contributed by atoms with Gasteiger partial charge < -0.3 is 0 Å². The first kappa shape index (κ1) is 23.9. The van der Waals surface area contributed by atoms with Crippen LogP contribution in [0.1, 0.15) is 43.0 Å². The van der Waals surface area contributed by atoms with E-state index in [1.54, 1.807) is 6.07 Å². The largest absolute Gasteiger partial charge is 0.289 e. The van der Waals surface area contributed by atoms with Crippen LogP contribution in [0.25, 0.3) is 32.3 Å². The maximum Gasteiger partial charge on any atom is 0.195 e. The first-order chi connectivity index (χ1) is 18.5. The first-order valence-corrected chi connectivity index (χ1v) is 13.3. The average Bonchev–Trinajstić information content (AvgIpc) is 2.95. The van der Waals surface area contributed by atoms with Gasteiger partial charge in [0.05, 0.1) is 5.30 Å². The minimum Gasteiger partial charge on any atom is -0.289 e. The van der Waals surface area contributed by atoms with Crippen LogP contribution in [-0.2, 0) is 4.57 Å². The Balaban J connectivity index is 1.67. The number of fused-ring (bicyclic) bond motifs is 3. The Morgan fingerprint density at radius 1 is 0.526 bits per heavy atom. The number of rotatable bonds is 5. The highest BCUT2D eigenvalue weighted by Gasteiger charge is 2.27. The van der Waals surface area contributed by atoms with Gasteiger partial charge in [0, 0.05) is 22.3 Å². The van der Waals surface area contributed by atoms with E-state index in [1.807, 2.05) is 111 Å². The molecule has 0 spiro atoms. The summed E-state index contributed by atoms with van der Waals surface area (Å²) in [6.07, 6.45) is 0. The van der Waals surface area contributed by atoms with Gasteiger partial charge in [0.2, 0.25) is 0 Å². The van der Waals surface area contributed by atoms with E-state index >= 15 is 0 Å². The van der Waals surface area contributed by atoms with E-state index in [0.29, 0.717) is 22.1 Å². The summed E-state index contributed by atoms with van der Waals surface area (Å²) >= 11 is 0. The molecule has 0 aliphatic heterocycles. The van der Waals surface area contributed by atoms with Crippen LogP contribution in [0.4, 0.5) is 0 Å². The van der Waals surface area contributed by atoms with Crippen LogP contribution in [0.15, 0.2) is 103 Å². The Bertz CT molecular complexity index is 1950. The number of carbonyl (C=O) groups is 2. The maximum atomic E-state index is 14.4. The smallest absolute Gasteiger partial charge is 0.195 e. The van der Waals surface area contributed by atoms with Gasteiger partial charge in [-0.25, -0.2) is 0 Å². The molecule has 0 heterocycles. The Morgan fingerprint density at radius 2 is 0.974 bits per heavy atom. The molecule has 6 rings (SSSR count). The maximum absolute atomic E-state index is 14.4. The molecule has 0 bridgehead atoms. The van der Waals surface area contributed by atoms with Gasteiger partial charge in [0.25, 0.3) is 0 Å². The van der Waals surface area contributed by atoms with Crippen molar-refractivity contribution in [2.75, 3.05) is 0 Å². The van der Waals surface area contributed by atoms with E-state index in [0.717, 1.165) is 38.1 Å². The van der Waals surface area contributed by atoms with Crippen LogP contribution >= 0.6 is 8.46 Å². The molecular weight excluding hydrogens is 487 g/mol. The fourth-order valence-electron chi connectivity index (χ4n) is 5.46. The summed E-state index contributed by atoms with van der Waals surface area (Å²) in [5.41, 5.74) is 3.36. The average molecular weight is 511 g/mol. The fraction of sp³-hybridized carbons (Fsp3) is 0.0588. The summed E-state index contributed by atoms with van der Waals surface area (Å²) in [4.78, 5) is 28.7. The lowest BCUT2D eigenvalue weighted by Gasteiger charge is -2.16. The van der Waals surface area contributed by atoms with Gasteiger partial charge in [-0.1, -0.05) is 97.1 Å². The lowest BCUT2D eigenvalue weighted by Crippen LogP contribution is -2.21. The quantitative estimate of drug-likeness (QED) is 0.174. The van der Waals surface area contributed by atoms with E-state index in [9.17, 15) is 14.2 Å². The van der Waals surface area contributed by atoms with Gasteiger partial charge >= 0.3 is 0 Å². The van der Waals surface area contributed by atoms with Gasteiger partial charge in [0.15, 0.2) is 20.0 Å². The van der Waals surface area contributed by atoms with Gasteiger partial charge in [-0.05, 0) is 63.4 Å². The Kier molecular flexibility index (Phi) is 5.94. The Labute approximate surface area is 221 Å². The van der Waals surface area contributed by atoms with E-state index in [1.165, 1.54) is 0 Å². The van der Waals surface area contributed by atoms with Crippen LogP contribution in [0.5, 0.6) is 0 Å². The van der Waals surface area contributed by atoms with Crippen molar-refractivity contribution in [1.29, 1.82) is 0 Å². The van der Waals surface area contributed by atoms with Crippen LogP contribution < -0.4 is 5.30 Å². The molecule has 0 N–H and O–H groups in total. The highest BCUT2D eigenvalue weighted by Crippen LogP contribution is 2.32. The number of benzene rings is 6. The molecule has 0 amide bonds. The zero-order valence-electron chi connectivity index (χ0n) is 21.0. The SMILES string of the molecule is Cc1ccc2ccccc2c1C(=O)c1cc2ccccc2c(C(=O)c2c(C)ccc3ccccc23)c1P=O. The minimum absolute atomic E-state index is 0.221. The van der Waals surface area contributed by atoms with Crippen LogP contribution in [0.3, 0.4) is 0 Å². The van der Waals surface area contributed by atoms with Crippen LogP contribution in [0, 0.1) is 13.8 Å². The van der Waals surface area contributed by atoms with E-state index in [2.05, 4.69) is 0 Å². The summed E-state index contributed by atoms with van der Waals surface area (Å²) in [6, 6.07) is 32.6. The lowest BCUT2D eigenvalue weighted by atomic mass is 9.87. The number of carbonyl (C=O) groups excluding carboxylic acids is 2. The summed E-state index contributed by atoms with van der Waals surface area (Å²) in [6.45, 7) is 3.81. The summed E-state index contributed by atoms with van der Waals surface area (Å²) in [7, 11) is -0.382. The zero-order valence-corrected chi connectivity index (χ0v) is 21.9. The van der Waals surface area contributed by atoms with Crippen molar-refractivity contribution in [3.8, 4) is 0 Å². The van der Waals surface area contributed by atoms with Crippen LogP contribution in [-0.4, -0.2) is 11.6 Å². The van der Waals surface area contributed by atoms with Crippen molar-refractivity contribution in [2.45, 2.75) is 13.8 Å². The summed E-state index contributed by atoms with van der Waals surface area (Å²) in [5.74, 6) is -0.481. The standard InChI is InChI=1S/C34H23O3P/c1-20-15-17-22-9-3-6-12-25(22)29(20)32(35)28-19-24-11-5-8-14-27(24)31(34(28)38-37)33(36)30-21(2)16-18-23-10-4-7-13-26(23)30/h3-19H,1-2H3. The Hall–Kier alpha value is -4.46. The topological polar surface area (TPSA) is 51.2 Å². The molecule has 0 atom stereocenters. The predicted octanol–water partition coefficient (Wildman–Crippen LogP) is 8.14. The van der Waals surface area contributed by atoms with E-state index < -0.39 is 0 Å². The van der Waals surface area contributed by atoms with Crippen molar-refractivity contribution in [1.82, 2.24) is 0 Å². The van der Waals surface area contributed by atoms with Crippen molar-refractivity contribution in [3.63, 3.8) is 0 Å². The molecule has 3 nitrogen and oxygen atoms in total. The molecule has 0 aromatic heterocycles. The third kappa shape index (κ3) is 3.75. The lowest BCUT2D eigenvalue weighted by molar-refractivity contribution is 0.103. The molecule has 0 aliphatic rings. The molecule has 0 radical (unpaired) electrons. The molecule has 6 aromatic carbocycles. The first-order valence-electron chi connectivity index (χ1n) is 12.4. The number of ketones is 2. The third-order valence-electron chi connectivity index (χ3n) is 7.31. The van der Waals surface area contributed by atoms with Crippen molar-refractivity contribution < 1.29 is 14.2 Å². The molecule has 182 valence electrons. The number of hydrogen-bond donors (Lipinski definition) is 0. The second kappa shape index (κ2) is 9.45. The molecule has 0 aliphatic carbocycles. The molecule has 0 saturated heterocycles. The van der Waals surface area contributed by atoms with Gasteiger partial charge in [-0.2, -0.15) is 0 Å². The predicted molar refractivity (Wildman–Crippen MR) is 155 cm³/mol. The van der Waals surface area contributed by atoms with Crippen LogP contribution in [0.2, 0.25) is 0 Å². The van der Waals surface area contributed by atoms with Crippen molar-refractivity contribution in [3.05, 3.63) is 137 Å². The molecular formula is C34H23O3P. The normalized spacial score (nSPS) is 11.4. The minimum atomic E-state index is -0.382. The van der Waals surface area contributed by atoms with Gasteiger partial charge in [-0.15, -0.1) is 0 Å². The second-order valence-electron chi connectivity index (χ2n) is 9.58. The van der Waals surface area contributed by atoms with Crippen molar-refractivity contribution >= 4 is 57.6 Å². The van der Waals surface area contributed by atoms with Gasteiger partial charge in [-0.3, -0.25) is 14.2 Å². The van der Waals surface area contributed by atoms with E-state index in [4.69, 9.17) is 0 Å². The van der Waals surface area contributed by atoms with E-state index in [-0.39, 0.29) is 30.9 Å². The van der Waals surface area contributed by atoms with Gasteiger partial charge in [0.1, 0.15) is 0 Å². The number of hydrogen-bond acceptors (Lipinski definition) is 3. The highest BCUT2D eigenvalue weighted by atomic mass is 31.1. The third-order valence-corrected chi connectivity index (χ3v) is 7.96. The molecule has 4 heteroatoms. The summed E-state index contributed by atoms with van der Waals surface area (Å²) < 4.78 is 12.9. The zero-order chi connectivity index (χ0) is 26.4. The second-order valence-corrected chi connectivity index (χ2v) is 10.2. The fourth-order valence-corrected chi connectivity index (χ4v) is 6.04. The number of aryl methyl sites for hydroxylation is 2. The molecule has 0 unspecified atom stereocenters. The summed E-state index contributed by atoms with van der Waals surface area (Å²) in [5, 5.41) is 5.21. The monoisotopic (exact) mass is 510 g/mol. The molecule has 6 aromatic rings. The molecule has 0 fully saturated rings. The Morgan fingerprint density at radius 3 is 1.50 bits per heavy atom.